The fourth-order valence-corrected chi connectivity index (χ4v) is 2.01. The molecule has 0 bridgehead atoms. The average molecular weight is 273 g/mol. The summed E-state index contributed by atoms with van der Waals surface area (Å²) in [5.74, 6) is 0.393. The Labute approximate surface area is 115 Å². The first-order valence-electron chi connectivity index (χ1n) is 6.42. The summed E-state index contributed by atoms with van der Waals surface area (Å²) in [5, 5.41) is 21.2. The van der Waals surface area contributed by atoms with E-state index in [1.165, 1.54) is 4.80 Å². The van der Waals surface area contributed by atoms with E-state index in [2.05, 4.69) is 15.4 Å². The van der Waals surface area contributed by atoms with Crippen molar-refractivity contribution in [2.45, 2.75) is 19.6 Å². The number of aliphatic hydroxyl groups is 1. The summed E-state index contributed by atoms with van der Waals surface area (Å²) in [6.45, 7) is 2.83. The molecule has 1 aromatic heterocycles. The molecule has 1 amide bonds. The third-order valence-corrected chi connectivity index (χ3v) is 3.25. The van der Waals surface area contributed by atoms with Gasteiger partial charge in [0.05, 0.1) is 6.10 Å². The van der Waals surface area contributed by atoms with Crippen LogP contribution < -0.4 is 0 Å². The fraction of sp³-hybridized carbons (Fsp3) is 0.385. The van der Waals surface area contributed by atoms with Crippen LogP contribution in [0.1, 0.15) is 5.56 Å². The van der Waals surface area contributed by atoms with Gasteiger partial charge in [0.15, 0.2) is 0 Å². The summed E-state index contributed by atoms with van der Waals surface area (Å²) in [7, 11) is 0. The second kappa shape index (κ2) is 5.01. The number of likely N-dealkylation sites (tertiary alicyclic amines) is 1. The Kier molecular flexibility index (Phi) is 3.19. The lowest BCUT2D eigenvalue weighted by Gasteiger charge is -2.35. The first-order chi connectivity index (χ1) is 9.61. The number of aromatic nitrogens is 4. The van der Waals surface area contributed by atoms with Crippen LogP contribution in [0.15, 0.2) is 24.3 Å². The number of hydrogen-bond donors (Lipinski definition) is 1. The lowest BCUT2D eigenvalue weighted by molar-refractivity contribution is -0.142. The van der Waals surface area contributed by atoms with Crippen LogP contribution in [0, 0.1) is 6.92 Å². The number of aliphatic hydroxyl groups excluding tert-OH is 1. The predicted molar refractivity (Wildman–Crippen MR) is 70.6 cm³/mol. The number of tetrazole rings is 1. The average Bonchev–Trinajstić information content (AvgIpc) is 2.84. The molecule has 0 spiro atoms. The van der Waals surface area contributed by atoms with Gasteiger partial charge in [-0.25, -0.2) is 0 Å². The Morgan fingerprint density at radius 1 is 1.35 bits per heavy atom. The molecule has 7 heteroatoms. The van der Waals surface area contributed by atoms with Crippen LogP contribution in [0.2, 0.25) is 0 Å². The molecule has 20 heavy (non-hydrogen) atoms. The van der Waals surface area contributed by atoms with Crippen LogP contribution in [-0.2, 0) is 11.3 Å². The molecule has 104 valence electrons. The van der Waals surface area contributed by atoms with Crippen molar-refractivity contribution in [1.82, 2.24) is 25.1 Å². The molecule has 0 radical (unpaired) electrons. The largest absolute Gasteiger partial charge is 0.389 e. The zero-order valence-electron chi connectivity index (χ0n) is 11.1. The summed E-state index contributed by atoms with van der Waals surface area (Å²) < 4.78 is 0. The molecule has 7 nitrogen and oxygen atoms in total. The molecule has 1 aliphatic rings. The van der Waals surface area contributed by atoms with Crippen LogP contribution in [0.4, 0.5) is 0 Å². The number of carbonyl (C=O) groups excluding carboxylic acids is 1. The molecule has 3 rings (SSSR count). The van der Waals surface area contributed by atoms with Crippen molar-refractivity contribution in [3.05, 3.63) is 29.8 Å². The molecule has 0 atom stereocenters. The Morgan fingerprint density at radius 2 is 2.05 bits per heavy atom. The van der Waals surface area contributed by atoms with Crippen molar-refractivity contribution in [2.24, 2.45) is 0 Å². The van der Waals surface area contributed by atoms with E-state index >= 15 is 0 Å². The summed E-state index contributed by atoms with van der Waals surface area (Å²) >= 11 is 0. The van der Waals surface area contributed by atoms with Gasteiger partial charge in [-0.1, -0.05) is 29.8 Å². The van der Waals surface area contributed by atoms with Gasteiger partial charge in [0.2, 0.25) is 11.7 Å². The summed E-state index contributed by atoms with van der Waals surface area (Å²) in [6.07, 6.45) is -0.397. The number of rotatable bonds is 3. The minimum atomic E-state index is -0.397. The van der Waals surface area contributed by atoms with Gasteiger partial charge in [-0.15, -0.1) is 10.2 Å². The van der Waals surface area contributed by atoms with E-state index in [0.717, 1.165) is 11.1 Å². The number of hydrogen-bond acceptors (Lipinski definition) is 5. The van der Waals surface area contributed by atoms with Gasteiger partial charge in [0.1, 0.15) is 6.54 Å². The Hall–Kier alpha value is -2.28. The van der Waals surface area contributed by atoms with Gasteiger partial charge in [0, 0.05) is 18.7 Å². The van der Waals surface area contributed by atoms with Crippen molar-refractivity contribution >= 4 is 5.91 Å². The van der Waals surface area contributed by atoms with E-state index < -0.39 is 6.10 Å². The number of aryl methyl sites for hydroxylation is 1. The number of benzene rings is 1. The molecule has 2 heterocycles. The van der Waals surface area contributed by atoms with Crippen LogP contribution in [0.25, 0.3) is 11.4 Å². The molecule has 1 aliphatic heterocycles. The van der Waals surface area contributed by atoms with E-state index in [0.29, 0.717) is 18.9 Å². The first kappa shape index (κ1) is 12.7. The first-order valence-corrected chi connectivity index (χ1v) is 6.42. The van der Waals surface area contributed by atoms with E-state index in [1.54, 1.807) is 4.90 Å². The minimum absolute atomic E-state index is 0.0472. The second-order valence-electron chi connectivity index (χ2n) is 4.96. The zero-order valence-corrected chi connectivity index (χ0v) is 11.1. The van der Waals surface area contributed by atoms with Crippen molar-refractivity contribution in [3.8, 4) is 11.4 Å². The number of nitrogens with zero attached hydrogens (tertiary/aromatic N) is 5. The minimum Gasteiger partial charge on any atom is -0.389 e. The standard InChI is InChI=1S/C13H15N5O2/c1-9-2-4-10(5-3-9)13-14-16-18(15-13)8-12(20)17-6-11(19)7-17/h2-5,11,19H,6-8H2,1H3. The van der Waals surface area contributed by atoms with E-state index in [9.17, 15) is 4.79 Å². The zero-order chi connectivity index (χ0) is 14.1. The quantitative estimate of drug-likeness (QED) is 0.841. The number of amides is 1. The molecule has 0 aliphatic carbocycles. The van der Waals surface area contributed by atoms with Gasteiger partial charge in [-0.2, -0.15) is 4.80 Å². The van der Waals surface area contributed by atoms with Gasteiger partial charge in [-0.3, -0.25) is 4.79 Å². The summed E-state index contributed by atoms with van der Waals surface area (Å²) in [5.41, 5.74) is 2.03. The highest BCUT2D eigenvalue weighted by molar-refractivity contribution is 5.76. The van der Waals surface area contributed by atoms with Gasteiger partial charge >= 0.3 is 0 Å². The molecule has 1 fully saturated rings. The monoisotopic (exact) mass is 273 g/mol. The third kappa shape index (κ3) is 2.53. The van der Waals surface area contributed by atoms with Crippen molar-refractivity contribution < 1.29 is 9.90 Å². The smallest absolute Gasteiger partial charge is 0.246 e. The van der Waals surface area contributed by atoms with Crippen LogP contribution in [0.3, 0.4) is 0 Å². The number of β-amino-alcohol motifs (C(OH)–C–C–N with tert-alkyl or cyclic N) is 1. The Morgan fingerprint density at radius 3 is 2.70 bits per heavy atom. The highest BCUT2D eigenvalue weighted by Crippen LogP contribution is 2.14. The lowest BCUT2D eigenvalue weighted by Crippen LogP contribution is -2.54. The molecule has 1 N–H and O–H groups in total. The number of carbonyl (C=O) groups is 1. The van der Waals surface area contributed by atoms with E-state index in [4.69, 9.17) is 5.11 Å². The second-order valence-corrected chi connectivity index (χ2v) is 4.96. The maximum Gasteiger partial charge on any atom is 0.246 e. The predicted octanol–water partition coefficient (Wildman–Crippen LogP) is -0.148. The van der Waals surface area contributed by atoms with Gasteiger partial charge < -0.3 is 10.0 Å². The highest BCUT2D eigenvalue weighted by atomic mass is 16.3. The maximum atomic E-state index is 11.8. The van der Waals surface area contributed by atoms with Crippen molar-refractivity contribution in [2.75, 3.05) is 13.1 Å². The topological polar surface area (TPSA) is 84.1 Å². The molecule has 1 saturated heterocycles. The fourth-order valence-electron chi connectivity index (χ4n) is 2.01. The van der Waals surface area contributed by atoms with Crippen molar-refractivity contribution in [3.63, 3.8) is 0 Å². The Bertz CT molecular complexity index is 616. The van der Waals surface area contributed by atoms with Crippen LogP contribution in [0.5, 0.6) is 0 Å². The SMILES string of the molecule is Cc1ccc(-c2nnn(CC(=O)N3CC(O)C3)n2)cc1. The third-order valence-electron chi connectivity index (χ3n) is 3.25. The summed E-state index contributed by atoms with van der Waals surface area (Å²) in [4.78, 5) is 14.7. The van der Waals surface area contributed by atoms with Crippen LogP contribution in [-0.4, -0.2) is 55.3 Å². The molecule has 0 unspecified atom stereocenters. The van der Waals surface area contributed by atoms with Gasteiger partial charge in [0.25, 0.3) is 0 Å². The summed E-state index contributed by atoms with van der Waals surface area (Å²) in [6, 6.07) is 7.79. The normalized spacial score (nSPS) is 15.2. The van der Waals surface area contributed by atoms with E-state index in [1.807, 2.05) is 31.2 Å². The van der Waals surface area contributed by atoms with Crippen LogP contribution >= 0.6 is 0 Å². The molecular weight excluding hydrogens is 258 g/mol. The molecular formula is C13H15N5O2. The highest BCUT2D eigenvalue weighted by Gasteiger charge is 2.29. The van der Waals surface area contributed by atoms with Crippen molar-refractivity contribution in [1.29, 1.82) is 0 Å². The Balaban J connectivity index is 1.67. The molecule has 2 aromatic rings. The van der Waals surface area contributed by atoms with Gasteiger partial charge in [-0.05, 0) is 12.1 Å². The molecule has 1 aromatic carbocycles. The van der Waals surface area contributed by atoms with E-state index in [-0.39, 0.29) is 12.5 Å². The lowest BCUT2D eigenvalue weighted by atomic mass is 10.1. The molecule has 0 saturated carbocycles. The maximum absolute atomic E-state index is 11.8.